The van der Waals surface area contributed by atoms with Crippen LogP contribution in [0, 0.1) is 17.8 Å². The number of carbonyl (C=O) groups is 1. The monoisotopic (exact) mass is 321 g/mol. The third kappa shape index (κ3) is 2.58. The largest absolute Gasteiger partial charge is 0.349 e. The molecule has 0 radical (unpaired) electrons. The molecule has 2 fully saturated rings. The minimum Gasteiger partial charge on any atom is -0.349 e. The first-order chi connectivity index (χ1) is 9.15. The van der Waals surface area contributed by atoms with Gasteiger partial charge in [-0.25, -0.2) is 0 Å². The normalized spacial score (nSPS) is 30.3. The molecule has 0 saturated heterocycles. The zero-order chi connectivity index (χ0) is 13.4. The number of fused-ring (bicyclic) bond motifs is 2. The quantitative estimate of drug-likeness (QED) is 0.895. The topological polar surface area (TPSA) is 29.1 Å². The van der Waals surface area contributed by atoms with E-state index in [0.29, 0.717) is 5.92 Å². The van der Waals surface area contributed by atoms with Gasteiger partial charge in [-0.05, 0) is 72.0 Å². The Morgan fingerprint density at radius 2 is 2.11 bits per heavy atom. The molecule has 1 aromatic carbocycles. The number of carbonyl (C=O) groups excluding carboxylic acids is 1. The standard InChI is InChI=1S/C16H20BrNO/c1-10(14-9-11-6-7-12(14)8-11)18-16(19)13-4-2-3-5-15(13)17/h2-5,10-12,14H,6-9H2,1H3,(H,18,19)/t10-,11+,12+,14-/m0/s1. The molecular formula is C16H20BrNO. The van der Waals surface area contributed by atoms with Crippen LogP contribution in [0.15, 0.2) is 28.7 Å². The number of hydrogen-bond acceptors (Lipinski definition) is 1. The van der Waals surface area contributed by atoms with Gasteiger partial charge in [0.15, 0.2) is 0 Å². The fourth-order valence-corrected chi connectivity index (χ4v) is 4.41. The van der Waals surface area contributed by atoms with Crippen molar-refractivity contribution in [1.29, 1.82) is 0 Å². The van der Waals surface area contributed by atoms with E-state index in [1.165, 1.54) is 25.7 Å². The van der Waals surface area contributed by atoms with Crippen LogP contribution in [0.1, 0.15) is 43.0 Å². The van der Waals surface area contributed by atoms with Crippen LogP contribution in [-0.4, -0.2) is 11.9 Å². The Bertz CT molecular complexity index is 487. The predicted octanol–water partition coefficient (Wildman–Crippen LogP) is 4.00. The number of benzene rings is 1. The lowest BCUT2D eigenvalue weighted by molar-refractivity contribution is 0.0914. The molecule has 1 amide bonds. The lowest BCUT2D eigenvalue weighted by Gasteiger charge is -2.28. The summed E-state index contributed by atoms with van der Waals surface area (Å²) in [5.41, 5.74) is 0.734. The van der Waals surface area contributed by atoms with E-state index in [-0.39, 0.29) is 11.9 Å². The molecule has 2 bridgehead atoms. The third-order valence-corrected chi connectivity index (χ3v) is 5.60. The highest BCUT2D eigenvalue weighted by atomic mass is 79.9. The zero-order valence-corrected chi connectivity index (χ0v) is 12.8. The van der Waals surface area contributed by atoms with Gasteiger partial charge in [0.25, 0.3) is 5.91 Å². The molecule has 1 N–H and O–H groups in total. The molecule has 3 rings (SSSR count). The van der Waals surface area contributed by atoms with E-state index >= 15 is 0 Å². The molecule has 102 valence electrons. The Hall–Kier alpha value is -0.830. The third-order valence-electron chi connectivity index (χ3n) is 4.91. The van der Waals surface area contributed by atoms with Crippen molar-refractivity contribution >= 4 is 21.8 Å². The molecule has 2 nitrogen and oxygen atoms in total. The zero-order valence-electron chi connectivity index (χ0n) is 11.2. The average Bonchev–Trinajstić information content (AvgIpc) is 3.01. The van der Waals surface area contributed by atoms with Crippen molar-refractivity contribution in [2.75, 3.05) is 0 Å². The minimum atomic E-state index is 0.0442. The van der Waals surface area contributed by atoms with Crippen LogP contribution in [0.3, 0.4) is 0 Å². The molecule has 1 aromatic rings. The summed E-state index contributed by atoms with van der Waals surface area (Å²) in [6, 6.07) is 7.90. The van der Waals surface area contributed by atoms with Crippen molar-refractivity contribution in [3.05, 3.63) is 34.3 Å². The Labute approximate surface area is 123 Å². The van der Waals surface area contributed by atoms with Crippen LogP contribution in [0.2, 0.25) is 0 Å². The summed E-state index contributed by atoms with van der Waals surface area (Å²) in [7, 11) is 0. The molecule has 19 heavy (non-hydrogen) atoms. The molecule has 0 heterocycles. The molecule has 2 aliphatic rings. The van der Waals surface area contributed by atoms with E-state index in [0.717, 1.165) is 21.9 Å². The van der Waals surface area contributed by atoms with E-state index in [4.69, 9.17) is 0 Å². The number of hydrogen-bond donors (Lipinski definition) is 1. The van der Waals surface area contributed by atoms with Gasteiger partial charge in [0.2, 0.25) is 0 Å². The van der Waals surface area contributed by atoms with Crippen LogP contribution in [0.25, 0.3) is 0 Å². The minimum absolute atomic E-state index is 0.0442. The molecule has 3 heteroatoms. The molecule has 2 aliphatic carbocycles. The van der Waals surface area contributed by atoms with Gasteiger partial charge in [-0.15, -0.1) is 0 Å². The second kappa shape index (κ2) is 5.28. The summed E-state index contributed by atoms with van der Waals surface area (Å²) >= 11 is 3.44. The van der Waals surface area contributed by atoms with Gasteiger partial charge in [-0.2, -0.15) is 0 Å². The number of amides is 1. The van der Waals surface area contributed by atoms with Gasteiger partial charge in [0.1, 0.15) is 0 Å². The second-order valence-corrected chi connectivity index (χ2v) is 6.94. The van der Waals surface area contributed by atoms with E-state index in [1.54, 1.807) is 0 Å². The molecular weight excluding hydrogens is 302 g/mol. The Morgan fingerprint density at radius 3 is 2.74 bits per heavy atom. The second-order valence-electron chi connectivity index (χ2n) is 6.08. The maximum absolute atomic E-state index is 12.3. The van der Waals surface area contributed by atoms with Gasteiger partial charge in [0, 0.05) is 10.5 Å². The summed E-state index contributed by atoms with van der Waals surface area (Å²) in [6.07, 6.45) is 5.47. The maximum atomic E-state index is 12.3. The first-order valence-electron chi connectivity index (χ1n) is 7.20. The summed E-state index contributed by atoms with van der Waals surface area (Å²) in [4.78, 5) is 12.3. The molecule has 0 aliphatic heterocycles. The van der Waals surface area contributed by atoms with Crippen LogP contribution in [0.5, 0.6) is 0 Å². The van der Waals surface area contributed by atoms with Gasteiger partial charge >= 0.3 is 0 Å². The average molecular weight is 322 g/mol. The molecule has 4 atom stereocenters. The Kier molecular flexibility index (Phi) is 3.66. The van der Waals surface area contributed by atoms with Crippen LogP contribution in [0.4, 0.5) is 0 Å². The lowest BCUT2D eigenvalue weighted by Crippen LogP contribution is -2.40. The van der Waals surface area contributed by atoms with E-state index in [9.17, 15) is 4.79 Å². The van der Waals surface area contributed by atoms with Gasteiger partial charge in [0.05, 0.1) is 5.56 Å². The fraction of sp³-hybridized carbons (Fsp3) is 0.562. The number of nitrogens with one attached hydrogen (secondary N) is 1. The summed E-state index contributed by atoms with van der Waals surface area (Å²) in [6.45, 7) is 2.17. The van der Waals surface area contributed by atoms with E-state index in [2.05, 4.69) is 28.2 Å². The van der Waals surface area contributed by atoms with E-state index in [1.807, 2.05) is 24.3 Å². The summed E-state index contributed by atoms with van der Waals surface area (Å²) in [5.74, 6) is 2.50. The number of halogens is 1. The lowest BCUT2D eigenvalue weighted by atomic mass is 9.84. The molecule has 0 aromatic heterocycles. The highest BCUT2D eigenvalue weighted by Crippen LogP contribution is 2.49. The maximum Gasteiger partial charge on any atom is 0.252 e. The highest BCUT2D eigenvalue weighted by molar-refractivity contribution is 9.10. The number of rotatable bonds is 3. The van der Waals surface area contributed by atoms with Crippen LogP contribution >= 0.6 is 15.9 Å². The van der Waals surface area contributed by atoms with E-state index < -0.39 is 0 Å². The van der Waals surface area contributed by atoms with Gasteiger partial charge in [-0.3, -0.25) is 4.79 Å². The fourth-order valence-electron chi connectivity index (χ4n) is 3.94. The predicted molar refractivity (Wildman–Crippen MR) is 80.0 cm³/mol. The molecule has 0 spiro atoms. The smallest absolute Gasteiger partial charge is 0.252 e. The van der Waals surface area contributed by atoms with Crippen LogP contribution < -0.4 is 5.32 Å². The van der Waals surface area contributed by atoms with Crippen molar-refractivity contribution in [3.63, 3.8) is 0 Å². The summed E-state index contributed by atoms with van der Waals surface area (Å²) < 4.78 is 0.868. The van der Waals surface area contributed by atoms with Crippen LogP contribution in [-0.2, 0) is 0 Å². The van der Waals surface area contributed by atoms with Crippen molar-refractivity contribution in [2.24, 2.45) is 17.8 Å². The van der Waals surface area contributed by atoms with Crippen molar-refractivity contribution < 1.29 is 4.79 Å². The first-order valence-corrected chi connectivity index (χ1v) is 8.00. The van der Waals surface area contributed by atoms with Crippen molar-refractivity contribution in [2.45, 2.75) is 38.6 Å². The Morgan fingerprint density at radius 1 is 1.32 bits per heavy atom. The summed E-state index contributed by atoms with van der Waals surface area (Å²) in [5, 5.41) is 3.19. The Balaban J connectivity index is 1.65. The highest BCUT2D eigenvalue weighted by Gasteiger charge is 2.42. The van der Waals surface area contributed by atoms with Gasteiger partial charge < -0.3 is 5.32 Å². The first kappa shape index (κ1) is 13.2. The molecule has 2 saturated carbocycles. The SMILES string of the molecule is C[C@H](NC(=O)c1ccccc1Br)[C@@H]1C[C@@H]2CC[C@@H]1C2. The van der Waals surface area contributed by atoms with Crippen molar-refractivity contribution in [3.8, 4) is 0 Å². The van der Waals surface area contributed by atoms with Gasteiger partial charge in [-0.1, -0.05) is 18.6 Å². The molecule has 0 unspecified atom stereocenters. The van der Waals surface area contributed by atoms with Crippen molar-refractivity contribution in [1.82, 2.24) is 5.32 Å².